The first kappa shape index (κ1) is 18.6. The Labute approximate surface area is 103 Å². The van der Waals surface area contributed by atoms with Gasteiger partial charge in [-0.15, -0.1) is 12.4 Å². The first-order chi connectivity index (χ1) is 5.16. The van der Waals surface area contributed by atoms with E-state index in [-0.39, 0.29) is 50.2 Å². The number of unbranched alkanes of at least 4 members (excludes halogenated alkanes) is 1. The van der Waals surface area contributed by atoms with Gasteiger partial charge in [-0.2, -0.15) is 0 Å². The molecule has 5 nitrogen and oxygen atoms in total. The molecule has 0 unspecified atom stereocenters. The summed E-state index contributed by atoms with van der Waals surface area (Å²) < 4.78 is 0. The van der Waals surface area contributed by atoms with E-state index in [1.54, 1.807) is 0 Å². The van der Waals surface area contributed by atoms with Crippen molar-refractivity contribution in [2.45, 2.75) is 19.8 Å². The zero-order valence-corrected chi connectivity index (χ0v) is 11.8. The molecule has 0 aliphatic heterocycles. The van der Waals surface area contributed by atoms with Crippen molar-refractivity contribution in [1.29, 1.82) is 5.41 Å². The minimum absolute atomic E-state index is 0. The largest absolute Gasteiger partial charge is 0.370 e. The molecule has 0 saturated heterocycles. The van der Waals surface area contributed by atoms with Crippen LogP contribution in [0.15, 0.2) is 4.99 Å². The second kappa shape index (κ2) is 11.9. The first-order valence-corrected chi connectivity index (χ1v) is 3.57. The predicted octanol–water partition coefficient (Wildman–Crippen LogP) is -0.375. The van der Waals surface area contributed by atoms with E-state index in [1.165, 1.54) is 0 Å². The van der Waals surface area contributed by atoms with E-state index in [0.717, 1.165) is 12.8 Å². The van der Waals surface area contributed by atoms with E-state index in [9.17, 15) is 0 Å². The molecule has 0 aromatic rings. The molecule has 0 rings (SSSR count). The van der Waals surface area contributed by atoms with Crippen LogP contribution in [0.2, 0.25) is 0 Å². The van der Waals surface area contributed by atoms with E-state index in [2.05, 4.69) is 17.2 Å². The van der Waals surface area contributed by atoms with Gasteiger partial charge in [0, 0.05) is 32.4 Å². The summed E-state index contributed by atoms with van der Waals surface area (Å²) in [5.74, 6) is 0.0358. The maximum Gasteiger partial charge on any atom is 0.195 e. The maximum absolute atomic E-state index is 6.81. The summed E-state index contributed by atoms with van der Waals surface area (Å²) in [6, 6.07) is 0. The Morgan fingerprint density at radius 1 is 1.46 bits per heavy atom. The molecule has 6 N–H and O–H groups in total. The fraction of sp³-hybridized carbons (Fsp3) is 0.667. The van der Waals surface area contributed by atoms with Crippen molar-refractivity contribution >= 4 is 50.2 Å². The van der Waals surface area contributed by atoms with Crippen LogP contribution in [0.4, 0.5) is 0 Å². The maximum atomic E-state index is 6.81. The van der Waals surface area contributed by atoms with Gasteiger partial charge in [-0.05, 0) is 6.42 Å². The Kier molecular flexibility index (Phi) is 17.1. The Morgan fingerprint density at radius 2 is 2.00 bits per heavy atom. The molecular weight excluding hydrogens is 292 g/mol. The minimum atomic E-state index is -0.178. The number of guanidine groups is 2. The van der Waals surface area contributed by atoms with E-state index in [0.29, 0.717) is 6.54 Å². The van der Waals surface area contributed by atoms with Gasteiger partial charge in [0.2, 0.25) is 0 Å². The molecule has 0 fully saturated rings. The van der Waals surface area contributed by atoms with Crippen LogP contribution < -0.4 is 16.8 Å². The molecule has 0 amide bonds. The summed E-state index contributed by atoms with van der Waals surface area (Å²) in [6.07, 6.45) is 2.08. The van der Waals surface area contributed by atoms with Gasteiger partial charge in [-0.25, -0.2) is 0 Å². The molecule has 13 heavy (non-hydrogen) atoms. The van der Waals surface area contributed by atoms with Crippen LogP contribution in [-0.2, 0) is 0 Å². The monoisotopic (exact) mass is 308 g/mol. The summed E-state index contributed by atoms with van der Waals surface area (Å²) in [5, 5.41) is 9.20. The fourth-order valence-electron chi connectivity index (χ4n) is 0.535. The average Bonchev–Trinajstić information content (AvgIpc) is 1.86. The predicted molar refractivity (Wildman–Crippen MR) is 59.4 cm³/mol. The van der Waals surface area contributed by atoms with Crippen molar-refractivity contribution in [3.8, 4) is 0 Å². The number of aliphatic imine (C=N–C) groups is 1. The summed E-state index contributed by atoms with van der Waals surface area (Å²) in [7, 11) is 0. The van der Waals surface area contributed by atoms with Crippen LogP contribution >= 0.6 is 12.4 Å². The molecule has 0 heterocycles. The van der Waals surface area contributed by atoms with Gasteiger partial charge in [0.25, 0.3) is 0 Å². The normalized spacial score (nSPS) is 9.46. The van der Waals surface area contributed by atoms with Crippen LogP contribution in [-0.4, -0.2) is 44.3 Å². The molecule has 0 aliphatic rings. The van der Waals surface area contributed by atoms with E-state index >= 15 is 0 Å². The van der Waals surface area contributed by atoms with E-state index < -0.39 is 0 Å². The molecule has 0 spiro atoms. The summed E-state index contributed by atoms with van der Waals surface area (Å²) >= 11 is 0. The van der Waals surface area contributed by atoms with Crippen molar-refractivity contribution in [1.82, 2.24) is 5.32 Å². The van der Waals surface area contributed by atoms with Gasteiger partial charge in [0.05, 0.1) is 0 Å². The minimum Gasteiger partial charge on any atom is -0.370 e. The summed E-state index contributed by atoms with van der Waals surface area (Å²) in [6.45, 7) is 2.76. The van der Waals surface area contributed by atoms with Crippen LogP contribution in [0.3, 0.4) is 0 Å². The van der Waals surface area contributed by atoms with Gasteiger partial charge < -0.3 is 11.5 Å². The number of hydrogen-bond donors (Lipinski definition) is 4. The summed E-state index contributed by atoms with van der Waals surface area (Å²) in [5.41, 5.74) is 10.3. The Balaban J connectivity index is -0.000000500. The van der Waals surface area contributed by atoms with Gasteiger partial charge in [-0.1, -0.05) is 13.3 Å². The van der Waals surface area contributed by atoms with Gasteiger partial charge in [0.15, 0.2) is 11.9 Å². The molecule has 0 atom stereocenters. The molecule has 75 valence electrons. The zero-order valence-electron chi connectivity index (χ0n) is 7.71. The van der Waals surface area contributed by atoms with Crippen molar-refractivity contribution in [3.63, 3.8) is 0 Å². The number of halogens is 1. The molecule has 0 bridgehead atoms. The topological polar surface area (TPSA) is 100 Å². The van der Waals surface area contributed by atoms with Crippen molar-refractivity contribution in [2.75, 3.05) is 6.54 Å². The third-order valence-electron chi connectivity index (χ3n) is 1.06. The number of nitrogens with one attached hydrogen (secondary N) is 2. The fourth-order valence-corrected chi connectivity index (χ4v) is 0.535. The SMILES string of the molecule is CCCCN=C(N)NC(=N)N.Cl.[In]. The molecule has 7 heteroatoms. The second-order valence-electron chi connectivity index (χ2n) is 2.16. The van der Waals surface area contributed by atoms with Gasteiger partial charge in [0.1, 0.15) is 0 Å². The molecule has 0 aliphatic carbocycles. The van der Waals surface area contributed by atoms with Crippen molar-refractivity contribution in [3.05, 3.63) is 0 Å². The van der Waals surface area contributed by atoms with E-state index in [1.807, 2.05) is 0 Å². The van der Waals surface area contributed by atoms with Crippen molar-refractivity contribution in [2.24, 2.45) is 16.5 Å². The van der Waals surface area contributed by atoms with Gasteiger partial charge in [-0.3, -0.25) is 15.7 Å². The smallest absolute Gasteiger partial charge is 0.195 e. The van der Waals surface area contributed by atoms with Crippen LogP contribution in [0.1, 0.15) is 19.8 Å². The first-order valence-electron chi connectivity index (χ1n) is 3.57. The second-order valence-corrected chi connectivity index (χ2v) is 2.16. The molecular formula is C6H16ClInN5. The third-order valence-corrected chi connectivity index (χ3v) is 1.06. The van der Waals surface area contributed by atoms with Crippen LogP contribution in [0.5, 0.6) is 0 Å². The number of nitrogens with zero attached hydrogens (tertiary/aromatic N) is 1. The third kappa shape index (κ3) is 14.7. The number of hydrogen-bond acceptors (Lipinski definition) is 2. The average molecular weight is 308 g/mol. The number of nitrogens with two attached hydrogens (primary N) is 2. The van der Waals surface area contributed by atoms with Crippen LogP contribution in [0.25, 0.3) is 0 Å². The Bertz CT molecular complexity index is 161. The quantitative estimate of drug-likeness (QED) is 0.325. The van der Waals surface area contributed by atoms with Gasteiger partial charge >= 0.3 is 0 Å². The summed E-state index contributed by atoms with van der Waals surface area (Å²) in [4.78, 5) is 3.92. The Hall–Kier alpha value is -0.0999. The van der Waals surface area contributed by atoms with Crippen molar-refractivity contribution < 1.29 is 0 Å². The molecule has 0 saturated carbocycles. The molecule has 0 aromatic carbocycles. The molecule has 0 aromatic heterocycles. The Morgan fingerprint density at radius 3 is 2.38 bits per heavy atom. The van der Waals surface area contributed by atoms with Crippen LogP contribution in [0, 0.1) is 5.41 Å². The standard InChI is InChI=1S/C6H15N5.ClH.In/c1-2-3-4-10-6(9)11-5(7)8;;/h2-4H2,1H3,(H6,7,8,9,10,11);1H;. The number of rotatable bonds is 3. The zero-order chi connectivity index (χ0) is 8.69. The molecule has 3 radical (unpaired) electrons. The van der Waals surface area contributed by atoms with E-state index in [4.69, 9.17) is 16.9 Å².